The van der Waals surface area contributed by atoms with E-state index in [9.17, 15) is 9.59 Å². The van der Waals surface area contributed by atoms with Crippen molar-refractivity contribution < 1.29 is 14.3 Å². The van der Waals surface area contributed by atoms with Gasteiger partial charge in [0.05, 0.1) is 24.3 Å². The molecule has 1 saturated heterocycles. The molecule has 0 aliphatic carbocycles. The molecule has 28 heavy (non-hydrogen) atoms. The van der Waals surface area contributed by atoms with Gasteiger partial charge in [-0.15, -0.1) is 0 Å². The van der Waals surface area contributed by atoms with Gasteiger partial charge in [-0.3, -0.25) is 4.98 Å². The quantitative estimate of drug-likeness (QED) is 0.797. The van der Waals surface area contributed by atoms with Crippen molar-refractivity contribution in [1.82, 2.24) is 24.8 Å². The van der Waals surface area contributed by atoms with Crippen LogP contribution in [-0.2, 0) is 9.53 Å². The van der Waals surface area contributed by atoms with Crippen LogP contribution in [0.25, 0.3) is 11.0 Å². The molecule has 1 aliphatic heterocycles. The Bertz CT molecular complexity index is 861. The third kappa shape index (κ3) is 3.81. The second-order valence-electron chi connectivity index (χ2n) is 7.92. The van der Waals surface area contributed by atoms with E-state index >= 15 is 0 Å². The summed E-state index contributed by atoms with van der Waals surface area (Å²) in [5.74, 6) is 0.665. The summed E-state index contributed by atoms with van der Waals surface area (Å²) in [6, 6.07) is 1.28. The molecule has 152 valence electrons. The van der Waals surface area contributed by atoms with Crippen LogP contribution in [-0.4, -0.2) is 57.7 Å². The van der Waals surface area contributed by atoms with Gasteiger partial charge in [0.15, 0.2) is 0 Å². The monoisotopic (exact) mass is 387 g/mol. The highest BCUT2D eigenvalue weighted by atomic mass is 16.5. The van der Waals surface area contributed by atoms with Crippen molar-refractivity contribution in [3.8, 4) is 0 Å². The Morgan fingerprint density at radius 1 is 1.29 bits per heavy atom. The average molecular weight is 387 g/mol. The summed E-state index contributed by atoms with van der Waals surface area (Å²) in [5, 5.41) is 2.82. The van der Waals surface area contributed by atoms with E-state index in [2.05, 4.69) is 28.7 Å². The molecule has 8 nitrogen and oxygen atoms in total. The molecule has 1 fully saturated rings. The first-order valence-electron chi connectivity index (χ1n) is 9.78. The number of methoxy groups -OCH3 is 1. The lowest BCUT2D eigenvalue weighted by atomic mass is 10.1. The highest BCUT2D eigenvalue weighted by molar-refractivity contribution is 5.84. The van der Waals surface area contributed by atoms with E-state index in [4.69, 9.17) is 9.72 Å². The summed E-state index contributed by atoms with van der Waals surface area (Å²) in [6.45, 7) is 9.21. The molecule has 0 saturated carbocycles. The number of rotatable bonds is 5. The lowest BCUT2D eigenvalue weighted by Crippen LogP contribution is -2.50. The number of imidazole rings is 1. The normalized spacial score (nSPS) is 18.1. The van der Waals surface area contributed by atoms with E-state index < -0.39 is 12.0 Å². The molecule has 0 bridgehead atoms. The van der Waals surface area contributed by atoms with Crippen molar-refractivity contribution in [3.63, 3.8) is 0 Å². The highest BCUT2D eigenvalue weighted by Crippen LogP contribution is 2.31. The second-order valence-corrected chi connectivity index (χ2v) is 7.92. The number of hydrogen-bond donors (Lipinski definition) is 1. The topological polar surface area (TPSA) is 89.3 Å². The second kappa shape index (κ2) is 8.16. The summed E-state index contributed by atoms with van der Waals surface area (Å²) in [5.41, 5.74) is 1.94. The van der Waals surface area contributed by atoms with E-state index in [-0.39, 0.29) is 23.9 Å². The number of hydrogen-bond acceptors (Lipinski definition) is 5. The van der Waals surface area contributed by atoms with E-state index in [0.717, 1.165) is 23.3 Å². The molecule has 0 aromatic carbocycles. The third-order valence-electron chi connectivity index (χ3n) is 5.28. The fourth-order valence-corrected chi connectivity index (χ4v) is 3.79. The molecule has 3 rings (SSSR count). The number of likely N-dealkylation sites (tertiary alicyclic amines) is 1. The molecule has 0 spiro atoms. The number of carbonyl (C=O) groups is 2. The van der Waals surface area contributed by atoms with Crippen molar-refractivity contribution in [3.05, 3.63) is 24.3 Å². The van der Waals surface area contributed by atoms with Gasteiger partial charge in [-0.2, -0.15) is 0 Å². The number of pyridine rings is 1. The number of aromatic nitrogens is 3. The standard InChI is InChI=1S/C20H29N5O3/c1-12(2)17(19(26)28-5)23-20(27)24-9-7-14(11-24)18-22-15-6-8-21-10-16(15)25(18)13(3)4/h6,8,10,12-14,17H,7,9,11H2,1-5H3,(H,23,27)/t14-,17-/m1/s1. The number of fused-ring (bicyclic) bond motifs is 1. The highest BCUT2D eigenvalue weighted by Gasteiger charge is 2.34. The van der Waals surface area contributed by atoms with Crippen LogP contribution in [0.5, 0.6) is 0 Å². The number of ether oxygens (including phenoxy) is 1. The molecule has 8 heteroatoms. The van der Waals surface area contributed by atoms with Crippen molar-refractivity contribution >= 4 is 23.0 Å². The lowest BCUT2D eigenvalue weighted by molar-refractivity contribution is -0.144. The Labute approximate surface area is 165 Å². The number of nitrogens with one attached hydrogen (secondary N) is 1. The number of carbonyl (C=O) groups excluding carboxylic acids is 2. The predicted molar refractivity (Wildman–Crippen MR) is 106 cm³/mol. The van der Waals surface area contributed by atoms with Crippen LogP contribution in [0.3, 0.4) is 0 Å². The zero-order valence-electron chi connectivity index (χ0n) is 17.2. The Kier molecular flexibility index (Phi) is 5.86. The van der Waals surface area contributed by atoms with Crippen molar-refractivity contribution in [1.29, 1.82) is 0 Å². The summed E-state index contributed by atoms with van der Waals surface area (Å²) >= 11 is 0. The van der Waals surface area contributed by atoms with Crippen LogP contribution in [0.2, 0.25) is 0 Å². The third-order valence-corrected chi connectivity index (χ3v) is 5.28. The number of nitrogens with zero attached hydrogens (tertiary/aromatic N) is 4. The Hall–Kier alpha value is -2.64. The Balaban J connectivity index is 1.77. The molecular weight excluding hydrogens is 358 g/mol. The van der Waals surface area contributed by atoms with E-state index in [1.165, 1.54) is 7.11 Å². The van der Waals surface area contributed by atoms with Gasteiger partial charge in [0.1, 0.15) is 11.9 Å². The molecule has 2 aromatic rings. The number of amides is 2. The summed E-state index contributed by atoms with van der Waals surface area (Å²) in [7, 11) is 1.33. The molecule has 2 amide bonds. The number of urea groups is 1. The molecule has 2 aromatic heterocycles. The van der Waals surface area contributed by atoms with Crippen LogP contribution in [0.1, 0.15) is 51.9 Å². The van der Waals surface area contributed by atoms with Gasteiger partial charge >= 0.3 is 12.0 Å². The lowest BCUT2D eigenvalue weighted by Gasteiger charge is -2.24. The zero-order valence-corrected chi connectivity index (χ0v) is 17.2. The van der Waals surface area contributed by atoms with E-state index in [1.54, 1.807) is 11.1 Å². The van der Waals surface area contributed by atoms with Crippen LogP contribution in [0, 0.1) is 5.92 Å². The van der Waals surface area contributed by atoms with Crippen molar-refractivity contribution in [2.75, 3.05) is 20.2 Å². The smallest absolute Gasteiger partial charge is 0.328 e. The van der Waals surface area contributed by atoms with Gasteiger partial charge in [-0.25, -0.2) is 14.6 Å². The summed E-state index contributed by atoms with van der Waals surface area (Å²) < 4.78 is 7.02. The largest absolute Gasteiger partial charge is 0.467 e. The van der Waals surface area contributed by atoms with Crippen LogP contribution in [0.4, 0.5) is 4.79 Å². The van der Waals surface area contributed by atoms with E-state index in [0.29, 0.717) is 13.1 Å². The maximum Gasteiger partial charge on any atom is 0.328 e. The van der Waals surface area contributed by atoms with Crippen molar-refractivity contribution in [2.45, 2.75) is 52.1 Å². The van der Waals surface area contributed by atoms with E-state index in [1.807, 2.05) is 26.1 Å². The van der Waals surface area contributed by atoms with Gasteiger partial charge in [0.25, 0.3) is 0 Å². The maximum absolute atomic E-state index is 12.7. The minimum Gasteiger partial charge on any atom is -0.467 e. The molecular formula is C20H29N5O3. The Morgan fingerprint density at radius 2 is 2.04 bits per heavy atom. The first kappa shape index (κ1) is 20.1. The van der Waals surface area contributed by atoms with Gasteiger partial charge in [-0.05, 0) is 32.3 Å². The van der Waals surface area contributed by atoms with Crippen LogP contribution in [0.15, 0.2) is 18.5 Å². The van der Waals surface area contributed by atoms with Gasteiger partial charge < -0.3 is 19.5 Å². The molecule has 2 atom stereocenters. The fraction of sp³-hybridized carbons (Fsp3) is 0.600. The molecule has 1 N–H and O–H groups in total. The SMILES string of the molecule is COC(=O)[C@H](NC(=O)N1CC[C@@H](c2nc3ccncc3n2C(C)C)C1)C(C)C. The minimum atomic E-state index is -0.650. The fourth-order valence-electron chi connectivity index (χ4n) is 3.79. The Morgan fingerprint density at radius 3 is 2.68 bits per heavy atom. The van der Waals surface area contributed by atoms with Gasteiger partial charge in [0.2, 0.25) is 0 Å². The molecule has 1 aliphatic rings. The number of esters is 1. The first-order chi connectivity index (χ1) is 13.3. The van der Waals surface area contributed by atoms with Crippen LogP contribution >= 0.6 is 0 Å². The minimum absolute atomic E-state index is 0.0487. The first-order valence-corrected chi connectivity index (χ1v) is 9.78. The van der Waals surface area contributed by atoms with Crippen molar-refractivity contribution in [2.24, 2.45) is 5.92 Å². The van der Waals surface area contributed by atoms with Gasteiger partial charge in [0, 0.05) is 31.2 Å². The molecule has 3 heterocycles. The molecule has 0 radical (unpaired) electrons. The molecule has 0 unspecified atom stereocenters. The summed E-state index contributed by atoms with van der Waals surface area (Å²) in [6.07, 6.45) is 4.42. The predicted octanol–water partition coefficient (Wildman–Crippen LogP) is 2.71. The van der Waals surface area contributed by atoms with Crippen LogP contribution < -0.4 is 5.32 Å². The summed E-state index contributed by atoms with van der Waals surface area (Å²) in [4.78, 5) is 35.5. The zero-order chi connectivity index (χ0) is 20.4. The maximum atomic E-state index is 12.7. The van der Waals surface area contributed by atoms with Gasteiger partial charge in [-0.1, -0.05) is 13.8 Å². The average Bonchev–Trinajstić information content (AvgIpc) is 3.29.